The van der Waals surface area contributed by atoms with Crippen molar-refractivity contribution in [3.8, 4) is 33.3 Å². The zero-order chi connectivity index (χ0) is 43.3. The van der Waals surface area contributed by atoms with Gasteiger partial charge in [-0.1, -0.05) is 50.2 Å². The third-order valence-electron chi connectivity index (χ3n) is 11.0. The number of alkyl halides is 1. The number of hydrogen-bond acceptors (Lipinski definition) is 13. The summed E-state index contributed by atoms with van der Waals surface area (Å²) in [5.74, 6) is 3.50. The van der Waals surface area contributed by atoms with E-state index >= 15 is 0 Å². The van der Waals surface area contributed by atoms with Crippen LogP contribution >= 0.6 is 22.7 Å². The van der Waals surface area contributed by atoms with Crippen LogP contribution in [-0.2, 0) is 22.6 Å². The van der Waals surface area contributed by atoms with Gasteiger partial charge in [0.1, 0.15) is 22.9 Å². The van der Waals surface area contributed by atoms with Gasteiger partial charge in [0.05, 0.1) is 35.1 Å². The maximum absolute atomic E-state index is 10.2. The molecule has 2 aromatic carbocycles. The van der Waals surface area contributed by atoms with Crippen LogP contribution in [0.1, 0.15) is 60.9 Å². The van der Waals surface area contributed by atoms with Crippen molar-refractivity contribution >= 4 is 45.7 Å². The quantitative estimate of drug-likeness (QED) is 0.104. The van der Waals surface area contributed by atoms with Crippen molar-refractivity contribution in [2.24, 2.45) is 11.8 Å². The molecular weight excluding hydrogens is 963 g/mol. The molecule has 63 heavy (non-hydrogen) atoms. The average Bonchev–Trinajstić information content (AvgIpc) is 4.15. The van der Waals surface area contributed by atoms with E-state index in [0.717, 1.165) is 59.6 Å². The molecule has 6 aromatic rings. The molecule has 2 aliphatic heterocycles. The standard InChI is InChI=1S/C27H30N4O3S.C12H12N2OS.C5H9NO2.CH3F.CH3.Cs/c1-16(2)9-20-14-26(30-34-20)33-8-7-31-15-18-10-19(31)13-22(18)25-12-17-11-23(28-29-27(17)35-25)21-5-3-4-6-24(21)32;1-9-12(16-8-14-9)11-4-2-10(3-5-11)6-13-7-15;7-4-6-2-1-5(8)3-6;1-2;;/h3-6,11-12,14,16,18-19,22,32H,7-10,13,15H2,1-2H3;2-5,7-8H,6H2,1H3,(H,13,15);4-5,8H,1-3H2;1H3;1H3;/q;;;;-1;+1. The van der Waals surface area contributed by atoms with E-state index in [1.165, 1.54) is 28.2 Å². The van der Waals surface area contributed by atoms with Gasteiger partial charge < -0.3 is 37.1 Å². The van der Waals surface area contributed by atoms with Crippen LogP contribution in [0.15, 0.2) is 76.8 Å². The van der Waals surface area contributed by atoms with Crippen LogP contribution in [0, 0.1) is 26.2 Å². The fraction of sp³-hybridized carbons (Fsp3) is 0.413. The number of likely N-dealkylation sites (tertiary alicyclic amines) is 2. The Balaban J connectivity index is 0.000000258. The van der Waals surface area contributed by atoms with Crippen LogP contribution < -0.4 is 78.9 Å². The van der Waals surface area contributed by atoms with Gasteiger partial charge in [-0.25, -0.2) is 4.98 Å². The van der Waals surface area contributed by atoms with Crippen molar-refractivity contribution < 1.29 is 102 Å². The number of carbonyl (C=O) groups excluding carboxylic acids is 2. The topological polar surface area (TPSA) is 167 Å². The number of para-hydroxylation sites is 1. The first kappa shape index (κ1) is 52.4. The van der Waals surface area contributed by atoms with E-state index in [1.54, 1.807) is 33.6 Å². The summed E-state index contributed by atoms with van der Waals surface area (Å²) >= 11 is 3.41. The van der Waals surface area contributed by atoms with E-state index in [4.69, 9.17) is 14.4 Å². The second kappa shape index (κ2) is 26.0. The summed E-state index contributed by atoms with van der Waals surface area (Å²) < 4.78 is 20.7. The fourth-order valence-corrected chi connectivity index (χ4v) is 10.0. The molecule has 0 spiro atoms. The molecule has 332 valence electrons. The SMILES string of the molecule is CC(C)Cc1cc(OCCN2CC3CC2CC3c2cc3cc(-c4ccccc4O)nnc3s2)no1.CF.Cc1ncsc1-c1ccc(CNC=O)cc1.O=CN1CCC(O)C1.[CH3-].[Cs+]. The van der Waals surface area contributed by atoms with Crippen LogP contribution in [0.25, 0.3) is 31.9 Å². The summed E-state index contributed by atoms with van der Waals surface area (Å²) in [5, 5.41) is 35.7. The number of aromatic hydroxyl groups is 1. The molecule has 3 aliphatic rings. The van der Waals surface area contributed by atoms with E-state index in [9.17, 15) is 19.1 Å². The monoisotopic (exact) mass is 1020 g/mol. The molecule has 6 heterocycles. The predicted molar refractivity (Wildman–Crippen MR) is 243 cm³/mol. The zero-order valence-electron chi connectivity index (χ0n) is 36.9. The fourth-order valence-electron chi connectivity index (χ4n) is 8.05. The molecule has 17 heteroatoms. The van der Waals surface area contributed by atoms with Gasteiger partial charge in [-0.2, -0.15) is 0 Å². The second-order valence-corrected chi connectivity index (χ2v) is 17.6. The molecule has 3 N–H and O–H groups in total. The predicted octanol–water partition coefficient (Wildman–Crippen LogP) is 5.12. The number of phenols is 1. The number of nitrogens with zero attached hydrogens (tertiary/aromatic N) is 6. The number of carbonyl (C=O) groups is 2. The molecule has 3 fully saturated rings. The maximum atomic E-state index is 10.2. The number of amides is 2. The van der Waals surface area contributed by atoms with Gasteiger partial charge in [0.2, 0.25) is 12.8 Å². The first-order chi connectivity index (χ1) is 29.7. The number of hydrogen-bond donors (Lipinski definition) is 3. The summed E-state index contributed by atoms with van der Waals surface area (Å²) in [4.78, 5) is 32.1. The van der Waals surface area contributed by atoms with Crippen LogP contribution in [0.4, 0.5) is 4.39 Å². The van der Waals surface area contributed by atoms with Gasteiger partial charge in [0.25, 0.3) is 5.88 Å². The third kappa shape index (κ3) is 14.4. The number of aromatic nitrogens is 4. The van der Waals surface area contributed by atoms with Crippen LogP contribution in [0.2, 0.25) is 0 Å². The number of aryl methyl sites for hydroxylation is 1. The first-order valence-electron chi connectivity index (χ1n) is 20.5. The minimum atomic E-state index is -0.278. The van der Waals surface area contributed by atoms with E-state index in [2.05, 4.69) is 62.6 Å². The molecule has 4 atom stereocenters. The molecule has 13 nitrogen and oxygen atoms in total. The van der Waals surface area contributed by atoms with Crippen molar-refractivity contribution in [2.45, 2.75) is 71.1 Å². The Kier molecular flexibility index (Phi) is 21.7. The van der Waals surface area contributed by atoms with Crippen molar-refractivity contribution in [1.82, 2.24) is 35.5 Å². The molecule has 0 radical (unpaired) electrons. The Morgan fingerprint density at radius 3 is 2.44 bits per heavy atom. The number of β-amino-alcohol motifs (C(OH)–C–C–N with tert-alkyl or cyclic N) is 1. The van der Waals surface area contributed by atoms with Gasteiger partial charge in [-0.15, -0.1) is 32.9 Å². The number of aliphatic hydroxyl groups is 1. The van der Waals surface area contributed by atoms with Gasteiger partial charge in [0, 0.05) is 67.1 Å². The van der Waals surface area contributed by atoms with Crippen molar-refractivity contribution in [3.05, 3.63) is 102 Å². The Morgan fingerprint density at radius 2 is 1.83 bits per heavy atom. The molecular formula is C46H57CsFN7O6S2. The number of ether oxygens (including phenoxy) is 1. The molecule has 1 saturated carbocycles. The Hall–Kier alpha value is -3.24. The largest absolute Gasteiger partial charge is 1.00 e. The summed E-state index contributed by atoms with van der Waals surface area (Å²) in [7, 11) is 0.500. The Labute approximate surface area is 436 Å². The Morgan fingerprint density at radius 1 is 1.05 bits per heavy atom. The number of aliphatic hydroxyl groups excluding tert-OH is 1. The maximum Gasteiger partial charge on any atom is 1.00 e. The number of benzene rings is 2. The summed E-state index contributed by atoms with van der Waals surface area (Å²) in [6.45, 7) is 10.8. The summed E-state index contributed by atoms with van der Waals surface area (Å²) in [6, 6.07) is 22.3. The molecule has 4 aromatic heterocycles. The van der Waals surface area contributed by atoms with Crippen molar-refractivity contribution in [1.29, 1.82) is 0 Å². The second-order valence-electron chi connectivity index (χ2n) is 15.7. The molecule has 9 rings (SSSR count). The Bertz CT molecular complexity index is 2310. The molecule has 4 unspecified atom stereocenters. The number of thiophene rings is 1. The van der Waals surface area contributed by atoms with E-state index < -0.39 is 0 Å². The molecule has 2 saturated heterocycles. The molecule has 2 bridgehead atoms. The van der Waals surface area contributed by atoms with Gasteiger partial charge in [-0.05, 0) is 84.5 Å². The normalized spacial score (nSPS) is 18.5. The average molecular weight is 1020 g/mol. The van der Waals surface area contributed by atoms with Crippen LogP contribution in [-0.4, -0.2) is 105 Å². The number of piperidine rings is 1. The van der Waals surface area contributed by atoms with E-state index in [-0.39, 0.29) is 88.2 Å². The minimum absolute atomic E-state index is 0. The number of nitrogens with one attached hydrogen (secondary N) is 1. The number of rotatable bonds is 13. The number of halogens is 1. The molecule has 1 aliphatic carbocycles. The van der Waals surface area contributed by atoms with E-state index in [1.807, 2.05) is 54.9 Å². The minimum Gasteiger partial charge on any atom is -0.507 e. The third-order valence-corrected chi connectivity index (χ3v) is 13.1. The van der Waals surface area contributed by atoms with Crippen molar-refractivity contribution in [2.75, 3.05) is 40.0 Å². The van der Waals surface area contributed by atoms with Crippen molar-refractivity contribution in [3.63, 3.8) is 0 Å². The number of fused-ring (bicyclic) bond motifs is 3. The zero-order valence-corrected chi connectivity index (χ0v) is 44.9. The molecule has 2 amide bonds. The van der Waals surface area contributed by atoms with Gasteiger partial charge in [-0.3, -0.25) is 18.9 Å². The van der Waals surface area contributed by atoms with Crippen LogP contribution in [0.3, 0.4) is 0 Å². The summed E-state index contributed by atoms with van der Waals surface area (Å²) in [5.41, 5.74) is 6.61. The van der Waals surface area contributed by atoms with Gasteiger partial charge in [0.15, 0.2) is 0 Å². The number of phenolic OH excluding ortho intramolecular Hbond substituents is 1. The number of thiazole rings is 1. The smallest absolute Gasteiger partial charge is 0.507 e. The summed E-state index contributed by atoms with van der Waals surface area (Å²) in [6.07, 6.45) is 5.25. The first-order valence-corrected chi connectivity index (χ1v) is 22.2. The van der Waals surface area contributed by atoms with Crippen LogP contribution in [0.5, 0.6) is 11.6 Å². The van der Waals surface area contributed by atoms with Gasteiger partial charge >= 0.3 is 68.9 Å². The van der Waals surface area contributed by atoms with E-state index in [0.29, 0.717) is 80.8 Å².